The minimum Gasteiger partial charge on any atom is -0.369 e. The van der Waals surface area contributed by atoms with Gasteiger partial charge in [-0.15, -0.1) is 0 Å². The van der Waals surface area contributed by atoms with Crippen molar-refractivity contribution in [3.63, 3.8) is 0 Å². The molecule has 0 aromatic carbocycles. The summed E-state index contributed by atoms with van der Waals surface area (Å²) in [6, 6.07) is 2.14. The first kappa shape index (κ1) is 15.9. The first-order chi connectivity index (χ1) is 11.7. The van der Waals surface area contributed by atoms with E-state index in [1.165, 1.54) is 24.1 Å². The van der Waals surface area contributed by atoms with Crippen molar-refractivity contribution in [1.29, 1.82) is 0 Å². The van der Waals surface area contributed by atoms with Crippen LogP contribution in [0.25, 0.3) is 0 Å². The van der Waals surface area contributed by atoms with E-state index in [1.54, 1.807) is 0 Å². The number of pyridine rings is 1. The SMILES string of the molecule is CN1CCc2cc(C(=O)N3CCCC3)c(NCC3CC3)nc2CC1. The van der Waals surface area contributed by atoms with Crippen LogP contribution in [0.5, 0.6) is 0 Å². The summed E-state index contributed by atoms with van der Waals surface area (Å²) < 4.78 is 0. The number of amides is 1. The molecule has 0 unspecified atom stereocenters. The fourth-order valence-electron chi connectivity index (χ4n) is 3.70. The molecule has 0 radical (unpaired) electrons. The lowest BCUT2D eigenvalue weighted by atomic mass is 10.0. The number of carbonyl (C=O) groups is 1. The van der Waals surface area contributed by atoms with Gasteiger partial charge in [-0.25, -0.2) is 4.98 Å². The highest BCUT2D eigenvalue weighted by atomic mass is 16.2. The molecule has 2 aliphatic heterocycles. The van der Waals surface area contributed by atoms with Gasteiger partial charge in [0.1, 0.15) is 5.82 Å². The van der Waals surface area contributed by atoms with Crippen LogP contribution >= 0.6 is 0 Å². The zero-order valence-corrected chi connectivity index (χ0v) is 14.7. The molecule has 5 nitrogen and oxygen atoms in total. The molecule has 4 rings (SSSR count). The van der Waals surface area contributed by atoms with Crippen LogP contribution in [0.4, 0.5) is 5.82 Å². The minimum absolute atomic E-state index is 0.165. The molecule has 1 aromatic rings. The van der Waals surface area contributed by atoms with Crippen LogP contribution < -0.4 is 5.32 Å². The normalized spacial score (nSPS) is 21.5. The largest absolute Gasteiger partial charge is 0.369 e. The van der Waals surface area contributed by atoms with Crippen molar-refractivity contribution in [2.45, 2.75) is 38.5 Å². The lowest BCUT2D eigenvalue weighted by Gasteiger charge is -2.20. The summed E-state index contributed by atoms with van der Waals surface area (Å²) in [6.07, 6.45) is 6.82. The smallest absolute Gasteiger partial charge is 0.257 e. The third-order valence-electron chi connectivity index (χ3n) is 5.56. The molecule has 3 heterocycles. The summed E-state index contributed by atoms with van der Waals surface area (Å²) in [4.78, 5) is 22.3. The van der Waals surface area contributed by atoms with Crippen molar-refractivity contribution in [2.75, 3.05) is 45.1 Å². The second-order valence-corrected chi connectivity index (χ2v) is 7.62. The first-order valence-electron chi connectivity index (χ1n) is 9.45. The molecule has 1 saturated carbocycles. The molecule has 2 fully saturated rings. The number of hydrogen-bond acceptors (Lipinski definition) is 4. The van der Waals surface area contributed by atoms with Gasteiger partial charge in [0.25, 0.3) is 5.91 Å². The lowest BCUT2D eigenvalue weighted by Crippen LogP contribution is -2.29. The van der Waals surface area contributed by atoms with Crippen LogP contribution in [0.3, 0.4) is 0 Å². The Morgan fingerprint density at radius 2 is 1.96 bits per heavy atom. The average molecular weight is 328 g/mol. The Morgan fingerprint density at radius 1 is 1.21 bits per heavy atom. The van der Waals surface area contributed by atoms with Crippen LogP contribution in [0.2, 0.25) is 0 Å². The Labute approximate surface area is 144 Å². The van der Waals surface area contributed by atoms with Crippen LogP contribution in [0.1, 0.15) is 47.3 Å². The fraction of sp³-hybridized carbons (Fsp3) is 0.684. The number of nitrogens with one attached hydrogen (secondary N) is 1. The molecule has 1 aromatic heterocycles. The number of hydrogen-bond donors (Lipinski definition) is 1. The van der Waals surface area contributed by atoms with E-state index in [0.717, 1.165) is 75.7 Å². The molecule has 1 amide bonds. The zero-order chi connectivity index (χ0) is 16.5. The third kappa shape index (κ3) is 3.41. The van der Waals surface area contributed by atoms with Gasteiger partial charge in [-0.05, 0) is 56.7 Å². The van der Waals surface area contributed by atoms with E-state index in [2.05, 4.69) is 23.3 Å². The van der Waals surface area contributed by atoms with Crippen LogP contribution in [0, 0.1) is 5.92 Å². The third-order valence-corrected chi connectivity index (χ3v) is 5.56. The zero-order valence-electron chi connectivity index (χ0n) is 14.7. The molecular weight excluding hydrogens is 300 g/mol. The number of likely N-dealkylation sites (tertiary alicyclic amines) is 1. The van der Waals surface area contributed by atoms with Crippen molar-refractivity contribution in [2.24, 2.45) is 5.92 Å². The molecule has 0 bridgehead atoms. The van der Waals surface area contributed by atoms with Crippen LogP contribution in [0.15, 0.2) is 6.07 Å². The van der Waals surface area contributed by atoms with Gasteiger partial charge in [0.15, 0.2) is 0 Å². The predicted molar refractivity (Wildman–Crippen MR) is 95.5 cm³/mol. The van der Waals surface area contributed by atoms with E-state index in [1.807, 2.05) is 4.90 Å². The average Bonchev–Trinajstić information content (AvgIpc) is 3.30. The van der Waals surface area contributed by atoms with Gasteiger partial charge in [0, 0.05) is 44.8 Å². The second-order valence-electron chi connectivity index (χ2n) is 7.62. The van der Waals surface area contributed by atoms with Gasteiger partial charge >= 0.3 is 0 Å². The molecule has 1 N–H and O–H groups in total. The molecule has 130 valence electrons. The summed E-state index contributed by atoms with van der Waals surface area (Å²) in [5.74, 6) is 1.76. The number of fused-ring (bicyclic) bond motifs is 1. The molecule has 24 heavy (non-hydrogen) atoms. The molecule has 1 aliphatic carbocycles. The number of carbonyl (C=O) groups excluding carboxylic acids is 1. The molecule has 1 saturated heterocycles. The summed E-state index contributed by atoms with van der Waals surface area (Å²) >= 11 is 0. The van der Waals surface area contributed by atoms with Gasteiger partial charge in [-0.2, -0.15) is 0 Å². The van der Waals surface area contributed by atoms with E-state index >= 15 is 0 Å². The summed E-state index contributed by atoms with van der Waals surface area (Å²) in [7, 11) is 2.16. The minimum atomic E-state index is 0.165. The van der Waals surface area contributed by atoms with Crippen molar-refractivity contribution in [3.05, 3.63) is 22.9 Å². The Hall–Kier alpha value is -1.62. The van der Waals surface area contributed by atoms with Gasteiger partial charge in [-0.3, -0.25) is 4.79 Å². The number of likely N-dealkylation sites (N-methyl/N-ethyl adjacent to an activating group) is 1. The maximum Gasteiger partial charge on any atom is 0.257 e. The van der Waals surface area contributed by atoms with Gasteiger partial charge < -0.3 is 15.1 Å². The quantitative estimate of drug-likeness (QED) is 0.920. The molecule has 5 heteroatoms. The monoisotopic (exact) mass is 328 g/mol. The maximum atomic E-state index is 13.0. The summed E-state index contributed by atoms with van der Waals surface area (Å²) in [5, 5.41) is 3.49. The maximum absolute atomic E-state index is 13.0. The second kappa shape index (κ2) is 6.71. The Balaban J connectivity index is 1.64. The van der Waals surface area contributed by atoms with Crippen LogP contribution in [-0.4, -0.2) is 60.5 Å². The van der Waals surface area contributed by atoms with Crippen LogP contribution in [-0.2, 0) is 12.8 Å². The molecule has 0 spiro atoms. The number of anilines is 1. The van der Waals surface area contributed by atoms with E-state index in [-0.39, 0.29) is 5.91 Å². The predicted octanol–water partition coefficient (Wildman–Crippen LogP) is 2.17. The van der Waals surface area contributed by atoms with Crippen molar-refractivity contribution in [1.82, 2.24) is 14.8 Å². The Morgan fingerprint density at radius 3 is 2.71 bits per heavy atom. The summed E-state index contributed by atoms with van der Waals surface area (Å²) in [6.45, 7) is 4.82. The van der Waals surface area contributed by atoms with Crippen molar-refractivity contribution >= 4 is 11.7 Å². The topological polar surface area (TPSA) is 48.5 Å². The van der Waals surface area contributed by atoms with Crippen molar-refractivity contribution in [3.8, 4) is 0 Å². The van der Waals surface area contributed by atoms with Gasteiger partial charge in [-0.1, -0.05) is 0 Å². The van der Waals surface area contributed by atoms with E-state index in [0.29, 0.717) is 0 Å². The first-order valence-corrected chi connectivity index (χ1v) is 9.45. The van der Waals surface area contributed by atoms with Gasteiger partial charge in [0.05, 0.1) is 5.56 Å². The molecular formula is C19H28N4O. The highest BCUT2D eigenvalue weighted by molar-refractivity contribution is 5.99. The van der Waals surface area contributed by atoms with E-state index in [4.69, 9.17) is 4.98 Å². The fourth-order valence-corrected chi connectivity index (χ4v) is 3.70. The summed E-state index contributed by atoms with van der Waals surface area (Å²) in [5.41, 5.74) is 3.23. The van der Waals surface area contributed by atoms with E-state index < -0.39 is 0 Å². The molecule has 0 atom stereocenters. The standard InChI is InChI=1S/C19H28N4O/c1-22-10-6-15-12-16(19(24)23-8-2-3-9-23)18(20-13-14-4-5-14)21-17(15)7-11-22/h12,14H,2-11,13H2,1H3,(H,20,21). The van der Waals surface area contributed by atoms with E-state index in [9.17, 15) is 4.79 Å². The molecule has 3 aliphatic rings. The van der Waals surface area contributed by atoms with Crippen molar-refractivity contribution < 1.29 is 4.79 Å². The number of rotatable bonds is 4. The Bertz CT molecular complexity index is 620. The lowest BCUT2D eigenvalue weighted by molar-refractivity contribution is 0.0793. The number of nitrogens with zero attached hydrogens (tertiary/aromatic N) is 3. The number of aromatic nitrogens is 1. The Kier molecular flexibility index (Phi) is 4.44. The van der Waals surface area contributed by atoms with Gasteiger partial charge in [0.2, 0.25) is 0 Å². The highest BCUT2D eigenvalue weighted by Crippen LogP contribution is 2.30. The highest BCUT2D eigenvalue weighted by Gasteiger charge is 2.27.